The lowest BCUT2D eigenvalue weighted by molar-refractivity contribution is 0.584. The molecule has 2 unspecified atom stereocenters. The van der Waals surface area contributed by atoms with Crippen molar-refractivity contribution < 1.29 is 4.42 Å². The smallest absolute Gasteiger partial charge is 0.248 e. The SMILES string of the molecule is C1=C(c2ccc3ccccc3c2)C(c2ccc3ccccc3c2)CC2NC(c3ccccc3)=C(c3ccc(N(c4ccccc4)c4ccc(-c5nnc(-c6ccccc6)o5)cc4)cc3)N=C12. The molecule has 1 aliphatic heterocycles. The van der Waals surface area contributed by atoms with E-state index in [0.717, 1.165) is 62.8 Å². The van der Waals surface area contributed by atoms with Gasteiger partial charge in [-0.25, -0.2) is 4.99 Å². The van der Waals surface area contributed by atoms with Gasteiger partial charge in [-0.2, -0.15) is 0 Å². The summed E-state index contributed by atoms with van der Waals surface area (Å²) >= 11 is 0. The van der Waals surface area contributed by atoms with Gasteiger partial charge in [0.25, 0.3) is 0 Å². The normalized spacial score (nSPS) is 15.8. The molecule has 0 bridgehead atoms. The van der Waals surface area contributed by atoms with Crippen LogP contribution in [0.4, 0.5) is 17.1 Å². The van der Waals surface area contributed by atoms with Crippen LogP contribution in [0.2, 0.25) is 0 Å². The van der Waals surface area contributed by atoms with Gasteiger partial charge in [-0.3, -0.25) is 0 Å². The topological polar surface area (TPSA) is 66.5 Å². The average molecular weight is 850 g/mol. The van der Waals surface area contributed by atoms with Crippen LogP contribution in [0.1, 0.15) is 34.6 Å². The van der Waals surface area contributed by atoms with E-state index in [4.69, 9.17) is 9.41 Å². The molecular formula is C60H43N5O. The molecule has 2 aliphatic rings. The molecule has 2 atom stereocenters. The Labute approximate surface area is 383 Å². The first-order chi connectivity index (χ1) is 32.7. The van der Waals surface area contributed by atoms with Gasteiger partial charge in [0.1, 0.15) is 0 Å². The summed E-state index contributed by atoms with van der Waals surface area (Å²) in [4.78, 5) is 7.88. The molecule has 0 saturated carbocycles. The van der Waals surface area contributed by atoms with E-state index in [1.165, 1.54) is 38.2 Å². The summed E-state index contributed by atoms with van der Waals surface area (Å²) in [5.41, 5.74) is 13.7. The third-order valence-electron chi connectivity index (χ3n) is 12.9. The van der Waals surface area contributed by atoms with Crippen LogP contribution < -0.4 is 10.2 Å². The summed E-state index contributed by atoms with van der Waals surface area (Å²) in [5.74, 6) is 1.13. The highest BCUT2D eigenvalue weighted by molar-refractivity contribution is 6.13. The largest absolute Gasteiger partial charge is 0.416 e. The summed E-state index contributed by atoms with van der Waals surface area (Å²) in [6, 6.07) is 79.1. The highest BCUT2D eigenvalue weighted by Gasteiger charge is 2.34. The number of anilines is 3. The molecule has 0 saturated heterocycles. The van der Waals surface area contributed by atoms with Crippen LogP contribution in [0.3, 0.4) is 0 Å². The number of rotatable bonds is 9. The van der Waals surface area contributed by atoms with E-state index in [1.807, 2.05) is 48.5 Å². The molecule has 0 amide bonds. The minimum atomic E-state index is 0.0116. The predicted octanol–water partition coefficient (Wildman–Crippen LogP) is 14.7. The zero-order valence-corrected chi connectivity index (χ0v) is 36.0. The summed E-state index contributed by atoms with van der Waals surface area (Å²) < 4.78 is 6.09. The van der Waals surface area contributed by atoms with Crippen LogP contribution >= 0.6 is 0 Å². The minimum Gasteiger partial charge on any atom is -0.416 e. The van der Waals surface area contributed by atoms with E-state index in [9.17, 15) is 0 Å². The van der Waals surface area contributed by atoms with Crippen LogP contribution in [0.15, 0.2) is 240 Å². The third kappa shape index (κ3) is 7.44. The number of aliphatic imine (C=N–C) groups is 1. The van der Waals surface area contributed by atoms with Crippen LogP contribution in [-0.2, 0) is 0 Å². The van der Waals surface area contributed by atoms with E-state index >= 15 is 0 Å². The van der Waals surface area contributed by atoms with Gasteiger partial charge in [-0.1, -0.05) is 158 Å². The Bertz CT molecular complexity index is 3470. The maximum atomic E-state index is 6.09. The molecule has 10 aromatic rings. The first-order valence-electron chi connectivity index (χ1n) is 22.5. The maximum Gasteiger partial charge on any atom is 0.248 e. The van der Waals surface area contributed by atoms with Crippen molar-refractivity contribution in [3.8, 4) is 22.9 Å². The number of benzene rings is 9. The van der Waals surface area contributed by atoms with Crippen molar-refractivity contribution in [3.63, 3.8) is 0 Å². The van der Waals surface area contributed by atoms with Crippen LogP contribution in [-0.4, -0.2) is 22.0 Å². The number of hydrogen-bond donors (Lipinski definition) is 1. The lowest BCUT2D eigenvalue weighted by Gasteiger charge is -2.36. The zero-order chi connectivity index (χ0) is 43.8. The lowest BCUT2D eigenvalue weighted by atomic mass is 9.75. The van der Waals surface area contributed by atoms with Crippen molar-refractivity contribution in [2.75, 3.05) is 4.90 Å². The van der Waals surface area contributed by atoms with Crippen LogP contribution in [0.5, 0.6) is 0 Å². The van der Waals surface area contributed by atoms with Gasteiger partial charge in [-0.05, 0) is 123 Å². The lowest BCUT2D eigenvalue weighted by Crippen LogP contribution is -2.41. The molecule has 0 radical (unpaired) electrons. The second-order valence-electron chi connectivity index (χ2n) is 16.9. The van der Waals surface area contributed by atoms with Gasteiger partial charge >= 0.3 is 0 Å². The fourth-order valence-electron chi connectivity index (χ4n) is 9.52. The van der Waals surface area contributed by atoms with Gasteiger partial charge in [-0.15, -0.1) is 10.2 Å². The Balaban J connectivity index is 0.929. The van der Waals surface area contributed by atoms with Gasteiger partial charge in [0.2, 0.25) is 11.8 Å². The Morgan fingerprint density at radius 1 is 0.439 bits per heavy atom. The van der Waals surface area contributed by atoms with E-state index in [2.05, 4.69) is 202 Å². The van der Waals surface area contributed by atoms with E-state index < -0.39 is 0 Å². The van der Waals surface area contributed by atoms with Gasteiger partial charge in [0, 0.05) is 39.7 Å². The van der Waals surface area contributed by atoms with Gasteiger partial charge in [0.05, 0.1) is 23.1 Å². The highest BCUT2D eigenvalue weighted by Crippen LogP contribution is 2.44. The molecule has 0 fully saturated rings. The molecule has 6 nitrogen and oxygen atoms in total. The average Bonchev–Trinajstić information content (AvgIpc) is 3.90. The van der Waals surface area contributed by atoms with E-state index in [0.29, 0.717) is 11.8 Å². The van der Waals surface area contributed by atoms with Crippen molar-refractivity contribution >= 4 is 61.3 Å². The Morgan fingerprint density at radius 3 is 1.59 bits per heavy atom. The number of allylic oxidation sites excluding steroid dienone is 1. The molecule has 66 heavy (non-hydrogen) atoms. The Hall–Kier alpha value is -8.61. The fraction of sp³-hybridized carbons (Fsp3) is 0.0500. The number of nitrogens with one attached hydrogen (secondary N) is 1. The molecule has 2 heterocycles. The zero-order valence-electron chi connectivity index (χ0n) is 36.0. The van der Waals surface area contributed by atoms with Crippen molar-refractivity contribution in [3.05, 3.63) is 253 Å². The molecule has 1 aliphatic carbocycles. The molecule has 12 rings (SSSR count). The van der Waals surface area contributed by atoms with E-state index in [-0.39, 0.29) is 12.0 Å². The van der Waals surface area contributed by atoms with Gasteiger partial charge < -0.3 is 14.6 Å². The first kappa shape index (κ1) is 39.0. The quantitative estimate of drug-likeness (QED) is 0.157. The number of nitrogens with zero attached hydrogens (tertiary/aromatic N) is 4. The predicted molar refractivity (Wildman–Crippen MR) is 271 cm³/mol. The van der Waals surface area contributed by atoms with Crippen LogP contribution in [0, 0.1) is 0 Å². The summed E-state index contributed by atoms with van der Waals surface area (Å²) in [5, 5.41) is 17.7. The molecule has 0 spiro atoms. The molecule has 9 aromatic carbocycles. The molecule has 6 heteroatoms. The first-order valence-corrected chi connectivity index (χ1v) is 22.5. The third-order valence-corrected chi connectivity index (χ3v) is 12.9. The Morgan fingerprint density at radius 2 is 0.939 bits per heavy atom. The van der Waals surface area contributed by atoms with Crippen molar-refractivity contribution in [2.24, 2.45) is 4.99 Å². The molecule has 1 aromatic heterocycles. The van der Waals surface area contributed by atoms with Crippen molar-refractivity contribution in [1.29, 1.82) is 0 Å². The summed E-state index contributed by atoms with van der Waals surface area (Å²) in [7, 11) is 0. The fourth-order valence-corrected chi connectivity index (χ4v) is 9.52. The standard InChI is InChI=1S/C60H43N5O/c1-4-16-42(17-5-1)57-58(62-56-39-54(49-27-25-41-15-11-13-21-47(41)37-49)53(38-55(56)61-57)48-26-24-40-14-10-12-20-46(40)36-48)43-28-32-51(33-29-43)65(50-22-8-3-9-23-50)52-34-30-45(31-35-52)60-64-63-59(66-60)44-18-6-2-7-19-44/h1-37,39,53,55,61H,38H2. The second-order valence-corrected chi connectivity index (χ2v) is 16.9. The van der Waals surface area contributed by atoms with Gasteiger partial charge in [0.15, 0.2) is 0 Å². The number of fused-ring (bicyclic) bond motifs is 3. The summed E-state index contributed by atoms with van der Waals surface area (Å²) in [6.07, 6.45) is 3.22. The van der Waals surface area contributed by atoms with Crippen LogP contribution in [0.25, 0.3) is 61.4 Å². The molecule has 1 N–H and O–H groups in total. The minimum absolute atomic E-state index is 0.0116. The van der Waals surface area contributed by atoms with Crippen molar-refractivity contribution in [1.82, 2.24) is 15.5 Å². The summed E-state index contributed by atoms with van der Waals surface area (Å²) in [6.45, 7) is 0. The monoisotopic (exact) mass is 849 g/mol. The maximum absolute atomic E-state index is 6.09. The molecular weight excluding hydrogens is 807 g/mol. The Kier molecular flexibility index (Phi) is 9.95. The van der Waals surface area contributed by atoms with E-state index in [1.54, 1.807) is 0 Å². The number of hydrogen-bond acceptors (Lipinski definition) is 6. The van der Waals surface area contributed by atoms with Crippen molar-refractivity contribution in [2.45, 2.75) is 18.4 Å². The highest BCUT2D eigenvalue weighted by atomic mass is 16.4. The number of aromatic nitrogens is 2. The number of para-hydroxylation sites is 1. The molecule has 314 valence electrons. The second kappa shape index (κ2) is 16.8.